The first-order chi connectivity index (χ1) is 37.4. The molecule has 77 heavy (non-hydrogen) atoms. The molecule has 4 aliphatic heterocycles. The molecule has 5 aliphatic rings. The van der Waals surface area contributed by atoms with Crippen molar-refractivity contribution in [3.63, 3.8) is 0 Å². The molecule has 7 unspecified atom stereocenters. The van der Waals surface area contributed by atoms with Crippen molar-refractivity contribution in [3.8, 4) is 17.6 Å². The molecule has 400 valence electrons. The Morgan fingerprint density at radius 2 is 1.48 bits per heavy atom. The largest absolute Gasteiger partial charge is 0.491 e. The molecule has 1 spiro atoms. The van der Waals surface area contributed by atoms with E-state index in [2.05, 4.69) is 27.4 Å². The van der Waals surface area contributed by atoms with Gasteiger partial charge in [-0.05, 0) is 108 Å². The van der Waals surface area contributed by atoms with Gasteiger partial charge in [-0.2, -0.15) is 0 Å². The third-order valence-electron chi connectivity index (χ3n) is 15.8. The Hall–Kier alpha value is -7.55. The van der Waals surface area contributed by atoms with Gasteiger partial charge in [0.15, 0.2) is 0 Å². The van der Waals surface area contributed by atoms with Gasteiger partial charge < -0.3 is 44.7 Å². The summed E-state index contributed by atoms with van der Waals surface area (Å²) in [7, 11) is 1.21. The van der Waals surface area contributed by atoms with Gasteiger partial charge in [-0.25, -0.2) is 14.5 Å². The van der Waals surface area contributed by atoms with Gasteiger partial charge in [0.05, 0.1) is 50.6 Å². The number of urea groups is 1. The summed E-state index contributed by atoms with van der Waals surface area (Å²) in [6.45, 7) is 5.64. The Balaban J connectivity index is 1.25. The Kier molecular flexibility index (Phi) is 15.5. The zero-order valence-electron chi connectivity index (χ0n) is 43.6. The minimum Gasteiger partial charge on any atom is -0.491 e. The number of aliphatic hydroxyl groups is 2. The standard InChI is InChI=1S/C61H65N5O11/c1-39(2)50(56(69)74-3)63-59(72)65-48-26-21-40(27-30-60(73)28-12-4-5-13-29-60)37-47(48)61(58(65)71)49(55(68)62-44-22-24-45(25-23-44)64-31-34-75-35-32-64)52-57(70)77-53(42-17-10-7-11-18-42)51(41-15-8-6-9-16-41)66(52)54(61)43-19-14-20-46(38-43)76-36-33-67/h6-11,14-26,37-39,49-54,67,73H,4-5,12-13,28-29,31-36H2,1-3H3,(H,62,68)(H,63,72). The van der Waals surface area contributed by atoms with Gasteiger partial charge in [-0.3, -0.25) is 19.3 Å². The number of aliphatic hydroxyl groups excluding tert-OH is 1. The van der Waals surface area contributed by atoms with E-state index < -0.39 is 82.9 Å². The van der Waals surface area contributed by atoms with Gasteiger partial charge in [0.1, 0.15) is 41.6 Å². The normalized spacial score (nSPS) is 24.2. The van der Waals surface area contributed by atoms with Gasteiger partial charge >= 0.3 is 18.0 Å². The Labute approximate surface area is 448 Å². The van der Waals surface area contributed by atoms with Crippen LogP contribution in [0, 0.1) is 23.7 Å². The second kappa shape index (κ2) is 22.6. The Morgan fingerprint density at radius 3 is 2.14 bits per heavy atom. The Bertz CT molecular complexity index is 3040. The molecule has 16 nitrogen and oxygen atoms in total. The van der Waals surface area contributed by atoms with Crippen LogP contribution in [0.3, 0.4) is 0 Å². The summed E-state index contributed by atoms with van der Waals surface area (Å²) >= 11 is 0. The van der Waals surface area contributed by atoms with Crippen molar-refractivity contribution >= 4 is 46.8 Å². The van der Waals surface area contributed by atoms with Crippen LogP contribution in [0.5, 0.6) is 5.75 Å². The number of cyclic esters (lactones) is 1. The third kappa shape index (κ3) is 10.2. The first-order valence-corrected chi connectivity index (χ1v) is 26.6. The molecular formula is C61H65N5O11. The second-order valence-corrected chi connectivity index (χ2v) is 20.8. The smallest absolute Gasteiger partial charge is 0.329 e. The van der Waals surface area contributed by atoms with Crippen molar-refractivity contribution < 1.29 is 53.1 Å². The van der Waals surface area contributed by atoms with Gasteiger partial charge in [0.2, 0.25) is 11.8 Å². The highest BCUT2D eigenvalue weighted by Crippen LogP contribution is 2.66. The summed E-state index contributed by atoms with van der Waals surface area (Å²) in [5.41, 5.74) is 0.334. The fraction of sp³-hybridized carbons (Fsp3) is 0.393. The van der Waals surface area contributed by atoms with Crippen molar-refractivity contribution in [1.82, 2.24) is 10.2 Å². The number of carbonyl (C=O) groups excluding carboxylic acids is 5. The quantitative estimate of drug-likeness (QED) is 0.0544. The number of esters is 2. The highest BCUT2D eigenvalue weighted by molar-refractivity contribution is 6.25. The lowest BCUT2D eigenvalue weighted by Crippen LogP contribution is -2.57. The number of anilines is 3. The van der Waals surface area contributed by atoms with Crippen LogP contribution in [0.25, 0.3) is 0 Å². The van der Waals surface area contributed by atoms with E-state index in [0.717, 1.165) is 36.3 Å². The Morgan fingerprint density at radius 1 is 0.805 bits per heavy atom. The van der Waals surface area contributed by atoms with E-state index in [1.807, 2.05) is 77.7 Å². The monoisotopic (exact) mass is 1040 g/mol. The number of hydrogen-bond donors (Lipinski definition) is 4. The summed E-state index contributed by atoms with van der Waals surface area (Å²) in [5, 5.41) is 27.7. The molecule has 4 N–H and O–H groups in total. The maximum absolute atomic E-state index is 16.9. The molecule has 4 heterocycles. The topological polar surface area (TPSA) is 197 Å². The number of hydrogen-bond acceptors (Lipinski definition) is 13. The molecule has 16 heteroatoms. The summed E-state index contributed by atoms with van der Waals surface area (Å²) in [6, 6.07) is 32.2. The van der Waals surface area contributed by atoms with Crippen LogP contribution < -0.4 is 25.2 Å². The maximum Gasteiger partial charge on any atom is 0.329 e. The van der Waals surface area contributed by atoms with E-state index in [-0.39, 0.29) is 24.5 Å². The molecule has 1 aliphatic carbocycles. The van der Waals surface area contributed by atoms with Gasteiger partial charge in [-0.1, -0.05) is 111 Å². The summed E-state index contributed by atoms with van der Waals surface area (Å²) in [6.07, 6.45) is 3.53. The number of fused-ring (bicyclic) bond motifs is 3. The van der Waals surface area contributed by atoms with Crippen LogP contribution in [0.1, 0.15) is 98.4 Å². The summed E-state index contributed by atoms with van der Waals surface area (Å²) in [5.74, 6) is 1.52. The molecule has 0 bridgehead atoms. The van der Waals surface area contributed by atoms with Crippen LogP contribution in [0.2, 0.25) is 0 Å². The zero-order chi connectivity index (χ0) is 53.8. The first kappa shape index (κ1) is 52.9. The minimum atomic E-state index is -2.18. The molecule has 0 aromatic heterocycles. The number of morpholine rings is 2. The van der Waals surface area contributed by atoms with E-state index in [1.54, 1.807) is 68.4 Å². The van der Waals surface area contributed by atoms with E-state index in [0.29, 0.717) is 72.8 Å². The van der Waals surface area contributed by atoms with E-state index >= 15 is 19.2 Å². The number of benzene rings is 5. The van der Waals surface area contributed by atoms with E-state index in [4.69, 9.17) is 18.9 Å². The predicted octanol–water partition coefficient (Wildman–Crippen LogP) is 7.54. The van der Waals surface area contributed by atoms with Crippen LogP contribution in [0.15, 0.2) is 127 Å². The zero-order valence-corrected chi connectivity index (χ0v) is 43.6. The minimum absolute atomic E-state index is 0.0582. The molecule has 0 radical (unpaired) electrons. The lowest BCUT2D eigenvalue weighted by molar-refractivity contribution is -0.177. The molecule has 3 saturated heterocycles. The number of amides is 4. The molecule has 4 fully saturated rings. The second-order valence-electron chi connectivity index (χ2n) is 20.8. The van der Waals surface area contributed by atoms with Crippen molar-refractivity contribution in [3.05, 3.63) is 155 Å². The van der Waals surface area contributed by atoms with Crippen molar-refractivity contribution in [2.75, 3.05) is 61.7 Å². The lowest BCUT2D eigenvalue weighted by Gasteiger charge is -2.46. The molecule has 10 rings (SSSR count). The highest BCUT2D eigenvalue weighted by atomic mass is 16.6. The fourth-order valence-corrected chi connectivity index (χ4v) is 12.2. The number of methoxy groups -OCH3 is 1. The number of nitrogens with one attached hydrogen (secondary N) is 2. The SMILES string of the molecule is COC(=O)C(NC(=O)N1C(=O)C2(c3cc(C#CC4(O)CCCCCC4)ccc31)C(C(=O)Nc1ccc(N3CCOCC3)cc1)C1C(=O)OC(c3ccccc3)C(c3ccccc3)N1C2c1cccc(OCCO)c1)C(C)C. The molecule has 7 atom stereocenters. The number of ether oxygens (including phenoxy) is 4. The number of imide groups is 1. The van der Waals surface area contributed by atoms with Crippen LogP contribution in [-0.2, 0) is 38.8 Å². The van der Waals surface area contributed by atoms with Crippen LogP contribution in [0.4, 0.5) is 21.9 Å². The van der Waals surface area contributed by atoms with Crippen LogP contribution in [-0.4, -0.2) is 109 Å². The summed E-state index contributed by atoms with van der Waals surface area (Å²) in [4.78, 5) is 82.6. The lowest BCUT2D eigenvalue weighted by atomic mass is 9.65. The van der Waals surface area contributed by atoms with E-state index in [9.17, 15) is 15.0 Å². The van der Waals surface area contributed by atoms with Gasteiger partial charge in [0.25, 0.3) is 0 Å². The molecule has 5 aromatic carbocycles. The van der Waals surface area contributed by atoms with Crippen molar-refractivity contribution in [2.24, 2.45) is 11.8 Å². The van der Waals surface area contributed by atoms with Crippen LogP contribution >= 0.6 is 0 Å². The summed E-state index contributed by atoms with van der Waals surface area (Å²) < 4.78 is 23.4. The van der Waals surface area contributed by atoms with Crippen molar-refractivity contribution in [2.45, 2.75) is 93.7 Å². The number of carbonyl (C=O) groups is 5. The van der Waals surface area contributed by atoms with Gasteiger partial charge in [-0.15, -0.1) is 0 Å². The van der Waals surface area contributed by atoms with Crippen molar-refractivity contribution in [1.29, 1.82) is 0 Å². The first-order valence-electron chi connectivity index (χ1n) is 26.6. The number of rotatable bonds is 12. The van der Waals surface area contributed by atoms with Gasteiger partial charge in [0, 0.05) is 30.0 Å². The number of nitrogens with zero attached hydrogens (tertiary/aromatic N) is 3. The maximum atomic E-state index is 16.9. The molecule has 4 amide bonds. The molecule has 5 aromatic rings. The molecule has 1 saturated carbocycles. The average Bonchev–Trinajstić information content (AvgIpc) is 3.47. The van der Waals surface area contributed by atoms with E-state index in [1.165, 1.54) is 7.11 Å². The average molecular weight is 1040 g/mol. The predicted molar refractivity (Wildman–Crippen MR) is 288 cm³/mol. The third-order valence-corrected chi connectivity index (χ3v) is 15.8. The fourth-order valence-electron chi connectivity index (χ4n) is 12.2. The highest BCUT2D eigenvalue weighted by Gasteiger charge is 2.75. The molecular weight excluding hydrogens is 979 g/mol.